The van der Waals surface area contributed by atoms with Gasteiger partial charge in [0, 0.05) is 17.7 Å². The van der Waals surface area contributed by atoms with Crippen molar-refractivity contribution in [2.24, 2.45) is 0 Å². The van der Waals surface area contributed by atoms with E-state index < -0.39 is 10.9 Å². The summed E-state index contributed by atoms with van der Waals surface area (Å²) >= 11 is 0. The van der Waals surface area contributed by atoms with E-state index in [-0.39, 0.29) is 11.3 Å². The Kier molecular flexibility index (Phi) is 3.34. The number of carboxylic acids is 1. The number of carboxylic acid groups (broad SMARTS) is 1. The SMILES string of the molecule is O=C(O)c1ccc2c(c1)C(c1cccc([N+](=O)[O-])c1)=CCO2. The average Bonchev–Trinajstić information content (AvgIpc) is 2.53. The number of nitro benzene ring substituents is 1. The number of nitrogens with zero attached hydrogens (tertiary/aromatic N) is 1. The molecular formula is C16H11NO5. The Labute approximate surface area is 125 Å². The van der Waals surface area contributed by atoms with Crippen molar-refractivity contribution in [3.05, 3.63) is 75.3 Å². The van der Waals surface area contributed by atoms with E-state index in [9.17, 15) is 14.9 Å². The summed E-state index contributed by atoms with van der Waals surface area (Å²) in [6, 6.07) is 10.8. The number of hydrogen-bond donors (Lipinski definition) is 1. The van der Waals surface area contributed by atoms with E-state index in [0.29, 0.717) is 23.5 Å². The highest BCUT2D eigenvalue weighted by Gasteiger charge is 2.19. The van der Waals surface area contributed by atoms with Crippen LogP contribution in [-0.4, -0.2) is 22.6 Å². The van der Waals surface area contributed by atoms with Crippen molar-refractivity contribution in [1.29, 1.82) is 0 Å². The third-order valence-corrected chi connectivity index (χ3v) is 3.41. The lowest BCUT2D eigenvalue weighted by atomic mass is 9.94. The molecule has 6 heteroatoms. The molecule has 0 spiro atoms. The normalized spacial score (nSPS) is 12.8. The Morgan fingerprint density at radius 2 is 2.05 bits per heavy atom. The first-order valence-electron chi connectivity index (χ1n) is 6.52. The van der Waals surface area contributed by atoms with Gasteiger partial charge in [0.2, 0.25) is 0 Å². The van der Waals surface area contributed by atoms with E-state index in [1.54, 1.807) is 24.3 Å². The minimum absolute atomic E-state index is 0.0131. The van der Waals surface area contributed by atoms with E-state index in [2.05, 4.69) is 0 Å². The molecule has 0 aromatic heterocycles. The van der Waals surface area contributed by atoms with Crippen molar-refractivity contribution in [2.45, 2.75) is 0 Å². The third-order valence-electron chi connectivity index (χ3n) is 3.41. The number of nitro groups is 1. The topological polar surface area (TPSA) is 89.7 Å². The summed E-state index contributed by atoms with van der Waals surface area (Å²) < 4.78 is 5.48. The van der Waals surface area contributed by atoms with Gasteiger partial charge in [-0.1, -0.05) is 12.1 Å². The molecule has 1 heterocycles. The Balaban J connectivity index is 2.12. The lowest BCUT2D eigenvalue weighted by Crippen LogP contribution is -2.07. The molecule has 3 rings (SSSR count). The molecule has 0 atom stereocenters. The molecule has 110 valence electrons. The quantitative estimate of drug-likeness (QED) is 0.694. The third kappa shape index (κ3) is 2.42. The van der Waals surface area contributed by atoms with Gasteiger partial charge in [-0.25, -0.2) is 4.79 Å². The van der Waals surface area contributed by atoms with Crippen molar-refractivity contribution >= 4 is 17.2 Å². The first-order chi connectivity index (χ1) is 10.6. The van der Waals surface area contributed by atoms with Crippen LogP contribution in [0.25, 0.3) is 5.57 Å². The van der Waals surface area contributed by atoms with Crippen molar-refractivity contribution in [2.75, 3.05) is 6.61 Å². The Morgan fingerprint density at radius 3 is 2.77 bits per heavy atom. The van der Waals surface area contributed by atoms with E-state index in [4.69, 9.17) is 9.84 Å². The number of rotatable bonds is 3. The zero-order chi connectivity index (χ0) is 15.7. The Morgan fingerprint density at radius 1 is 1.23 bits per heavy atom. The summed E-state index contributed by atoms with van der Waals surface area (Å²) in [5, 5.41) is 20.0. The van der Waals surface area contributed by atoms with E-state index in [1.807, 2.05) is 0 Å². The molecule has 6 nitrogen and oxygen atoms in total. The number of ether oxygens (including phenoxy) is 1. The Hall–Kier alpha value is -3.15. The van der Waals surface area contributed by atoms with Gasteiger partial charge < -0.3 is 9.84 Å². The number of fused-ring (bicyclic) bond motifs is 1. The molecule has 22 heavy (non-hydrogen) atoms. The molecule has 0 unspecified atom stereocenters. The smallest absolute Gasteiger partial charge is 0.335 e. The fourth-order valence-electron chi connectivity index (χ4n) is 2.38. The molecule has 0 aliphatic carbocycles. The number of non-ortho nitro benzene ring substituents is 1. The molecule has 1 N–H and O–H groups in total. The molecule has 0 radical (unpaired) electrons. The molecule has 2 aromatic rings. The van der Waals surface area contributed by atoms with Gasteiger partial charge >= 0.3 is 5.97 Å². The highest BCUT2D eigenvalue weighted by molar-refractivity contribution is 5.92. The van der Waals surface area contributed by atoms with Gasteiger partial charge in [0.05, 0.1) is 10.5 Å². The largest absolute Gasteiger partial charge is 0.489 e. The standard InChI is InChI=1S/C16H11NO5/c18-16(19)11-4-5-15-14(9-11)13(6-7-22-15)10-2-1-3-12(8-10)17(20)21/h1-6,8-9H,7H2,(H,18,19). The predicted octanol–water partition coefficient (Wildman–Crippen LogP) is 3.12. The second-order valence-electron chi connectivity index (χ2n) is 4.75. The lowest BCUT2D eigenvalue weighted by Gasteiger charge is -2.19. The summed E-state index contributed by atoms with van der Waals surface area (Å²) in [5.41, 5.74) is 2.13. The second kappa shape index (κ2) is 5.33. The summed E-state index contributed by atoms with van der Waals surface area (Å²) in [4.78, 5) is 21.6. The number of carbonyl (C=O) groups is 1. The van der Waals surface area contributed by atoms with E-state index in [0.717, 1.165) is 5.57 Å². The predicted molar refractivity (Wildman–Crippen MR) is 79.1 cm³/mol. The van der Waals surface area contributed by atoms with Crippen molar-refractivity contribution in [1.82, 2.24) is 0 Å². The van der Waals surface area contributed by atoms with Crippen LogP contribution in [0.5, 0.6) is 5.75 Å². The summed E-state index contributed by atoms with van der Waals surface area (Å²) in [7, 11) is 0. The molecule has 0 amide bonds. The average molecular weight is 297 g/mol. The van der Waals surface area contributed by atoms with Crippen LogP contribution >= 0.6 is 0 Å². The van der Waals surface area contributed by atoms with E-state index >= 15 is 0 Å². The van der Waals surface area contributed by atoms with E-state index in [1.165, 1.54) is 24.3 Å². The maximum Gasteiger partial charge on any atom is 0.335 e. The van der Waals surface area contributed by atoms with Gasteiger partial charge in [-0.3, -0.25) is 10.1 Å². The van der Waals surface area contributed by atoms with Crippen LogP contribution in [0.4, 0.5) is 5.69 Å². The highest BCUT2D eigenvalue weighted by Crippen LogP contribution is 2.35. The van der Waals surface area contributed by atoms with Crippen LogP contribution in [0.3, 0.4) is 0 Å². The molecule has 0 bridgehead atoms. The zero-order valence-corrected chi connectivity index (χ0v) is 11.4. The molecular weight excluding hydrogens is 286 g/mol. The molecule has 1 aliphatic heterocycles. The van der Waals surface area contributed by atoms with Gasteiger partial charge in [-0.05, 0) is 35.4 Å². The number of benzene rings is 2. The molecule has 0 saturated heterocycles. The summed E-state index contributed by atoms with van der Waals surface area (Å²) in [6.45, 7) is 0.331. The van der Waals surface area contributed by atoms with Crippen molar-refractivity contribution in [3.8, 4) is 5.75 Å². The zero-order valence-electron chi connectivity index (χ0n) is 11.4. The Bertz CT molecular complexity index is 810. The fourth-order valence-corrected chi connectivity index (χ4v) is 2.38. The van der Waals surface area contributed by atoms with Gasteiger partial charge in [0.25, 0.3) is 5.69 Å². The molecule has 1 aliphatic rings. The first kappa shape index (κ1) is 13.8. The molecule has 0 fully saturated rings. The molecule has 2 aromatic carbocycles. The first-order valence-corrected chi connectivity index (χ1v) is 6.52. The van der Waals surface area contributed by atoms with Gasteiger partial charge in [0.1, 0.15) is 12.4 Å². The monoisotopic (exact) mass is 297 g/mol. The van der Waals surface area contributed by atoms with Gasteiger partial charge in [0.15, 0.2) is 0 Å². The highest BCUT2D eigenvalue weighted by atomic mass is 16.6. The van der Waals surface area contributed by atoms with Crippen LogP contribution in [0.15, 0.2) is 48.5 Å². The maximum absolute atomic E-state index is 11.1. The van der Waals surface area contributed by atoms with Gasteiger partial charge in [-0.2, -0.15) is 0 Å². The summed E-state index contributed by atoms with van der Waals surface area (Å²) in [5.74, 6) is -0.472. The summed E-state index contributed by atoms with van der Waals surface area (Å²) in [6.07, 6.45) is 1.78. The number of aromatic carboxylic acids is 1. The second-order valence-corrected chi connectivity index (χ2v) is 4.75. The fraction of sp³-hybridized carbons (Fsp3) is 0.0625. The number of hydrogen-bond acceptors (Lipinski definition) is 4. The van der Waals surface area contributed by atoms with Crippen LogP contribution in [0.1, 0.15) is 21.5 Å². The molecule has 0 saturated carbocycles. The van der Waals surface area contributed by atoms with Gasteiger partial charge in [-0.15, -0.1) is 0 Å². The minimum Gasteiger partial charge on any atom is -0.489 e. The van der Waals surface area contributed by atoms with Crippen LogP contribution in [0, 0.1) is 10.1 Å². The van der Waals surface area contributed by atoms with Crippen molar-refractivity contribution < 1.29 is 19.6 Å². The minimum atomic E-state index is -1.04. The maximum atomic E-state index is 11.1. The lowest BCUT2D eigenvalue weighted by molar-refractivity contribution is -0.384. The van der Waals surface area contributed by atoms with Crippen LogP contribution in [0.2, 0.25) is 0 Å². The van der Waals surface area contributed by atoms with Crippen molar-refractivity contribution in [3.63, 3.8) is 0 Å². The van der Waals surface area contributed by atoms with Crippen LogP contribution < -0.4 is 4.74 Å². The van der Waals surface area contributed by atoms with Crippen LogP contribution in [-0.2, 0) is 0 Å².